The number of benzene rings is 3. The number of ether oxygens (including phenoxy) is 1. The lowest BCUT2D eigenvalue weighted by Gasteiger charge is -2.21. The van der Waals surface area contributed by atoms with Gasteiger partial charge in [0.1, 0.15) is 11.6 Å². The number of halogens is 4. The largest absolute Gasteiger partial charge is 0.491 e. The zero-order chi connectivity index (χ0) is 38.6. The Bertz CT molecular complexity index is 1840. The van der Waals surface area contributed by atoms with E-state index in [4.69, 9.17) is 16.3 Å². The number of amides is 4. The van der Waals surface area contributed by atoms with Crippen molar-refractivity contribution in [3.05, 3.63) is 100.0 Å². The number of rotatable bonds is 12. The van der Waals surface area contributed by atoms with Gasteiger partial charge < -0.3 is 15.0 Å². The summed E-state index contributed by atoms with van der Waals surface area (Å²) in [5.74, 6) is -4.18. The van der Waals surface area contributed by atoms with Crippen LogP contribution in [0, 0.1) is 12.7 Å². The number of anilines is 2. The highest BCUT2D eigenvalue weighted by Crippen LogP contribution is 2.36. The van der Waals surface area contributed by atoms with Gasteiger partial charge in [0, 0.05) is 42.4 Å². The van der Waals surface area contributed by atoms with Crippen molar-refractivity contribution in [3.63, 3.8) is 0 Å². The van der Waals surface area contributed by atoms with E-state index < -0.39 is 30.1 Å². The van der Waals surface area contributed by atoms with Gasteiger partial charge >= 0.3 is 6.03 Å². The van der Waals surface area contributed by atoms with Crippen LogP contribution >= 0.6 is 23.4 Å². The van der Waals surface area contributed by atoms with E-state index in [1.54, 1.807) is 75.6 Å². The number of alkyl halides is 2. The number of hydrogen-bond acceptors (Lipinski definition) is 6. The summed E-state index contributed by atoms with van der Waals surface area (Å²) in [5.41, 5.74) is 2.80. The number of allylic oxidation sites excluding steroid dienone is 2. The average molecular weight is 758 g/mol. The van der Waals surface area contributed by atoms with Crippen LogP contribution < -0.4 is 15.0 Å². The molecule has 4 amide bonds. The maximum Gasteiger partial charge on any atom is 0.347 e. The second-order valence-corrected chi connectivity index (χ2v) is 12.9. The summed E-state index contributed by atoms with van der Waals surface area (Å²) >= 11 is 6.97. The molecule has 1 fully saturated rings. The number of hydrogen-bond donors (Lipinski definition) is 1. The van der Waals surface area contributed by atoms with E-state index in [1.165, 1.54) is 21.9 Å². The Hall–Kier alpha value is -4.62. The Kier molecular flexibility index (Phi) is 15.5. The van der Waals surface area contributed by atoms with E-state index in [2.05, 4.69) is 15.3 Å². The van der Waals surface area contributed by atoms with Crippen molar-refractivity contribution in [1.82, 2.24) is 4.90 Å². The minimum absolute atomic E-state index is 0.0204. The van der Waals surface area contributed by atoms with Gasteiger partial charge in [-0.15, -0.1) is 0 Å². The number of aliphatic imine (C=N–C) groups is 2. The molecule has 0 spiro atoms. The molecular formula is C38H43ClF3N5O4S. The highest BCUT2D eigenvalue weighted by molar-refractivity contribution is 8.15. The van der Waals surface area contributed by atoms with Gasteiger partial charge in [-0.1, -0.05) is 62.7 Å². The Morgan fingerprint density at radius 1 is 1.10 bits per heavy atom. The molecule has 0 radical (unpaired) electrons. The minimum Gasteiger partial charge on any atom is -0.491 e. The first kappa shape index (κ1) is 41.8. The third-order valence-corrected chi connectivity index (χ3v) is 8.68. The van der Waals surface area contributed by atoms with Crippen molar-refractivity contribution in [3.8, 4) is 5.75 Å². The topological polar surface area (TPSA) is 104 Å². The molecule has 9 nitrogen and oxygen atoms in total. The first-order valence-electron chi connectivity index (χ1n) is 16.7. The van der Waals surface area contributed by atoms with Crippen molar-refractivity contribution in [2.24, 2.45) is 9.98 Å². The number of carbonyl (C=O) groups is 3. The summed E-state index contributed by atoms with van der Waals surface area (Å²) in [6, 6.07) is 14.7. The summed E-state index contributed by atoms with van der Waals surface area (Å²) < 4.78 is 47.7. The zero-order valence-electron chi connectivity index (χ0n) is 30.2. The van der Waals surface area contributed by atoms with Gasteiger partial charge in [-0.2, -0.15) is 4.99 Å². The summed E-state index contributed by atoms with van der Waals surface area (Å²) in [6.07, 6.45) is 2.48. The fraction of sp³-hybridized carbons (Fsp3) is 0.342. The fourth-order valence-electron chi connectivity index (χ4n) is 4.90. The van der Waals surface area contributed by atoms with Gasteiger partial charge in [-0.25, -0.2) is 18.0 Å². The predicted octanol–water partition coefficient (Wildman–Crippen LogP) is 9.78. The van der Waals surface area contributed by atoms with Gasteiger partial charge in [0.2, 0.25) is 11.8 Å². The number of amidine groups is 1. The van der Waals surface area contributed by atoms with Crippen LogP contribution in [0.5, 0.6) is 5.75 Å². The molecule has 0 aliphatic carbocycles. The van der Waals surface area contributed by atoms with Gasteiger partial charge in [-0.05, 0) is 80.4 Å². The van der Waals surface area contributed by atoms with E-state index in [0.29, 0.717) is 34.0 Å². The third-order valence-electron chi connectivity index (χ3n) is 7.50. The number of aryl methyl sites for hydroxylation is 1. The molecule has 0 saturated carbocycles. The van der Waals surface area contributed by atoms with Crippen LogP contribution in [0.3, 0.4) is 0 Å². The molecular weight excluding hydrogens is 715 g/mol. The minimum atomic E-state index is -2.93. The number of carbonyl (C=O) groups excluding carboxylic acids is 3. The van der Waals surface area contributed by atoms with Gasteiger partial charge in [0.15, 0.2) is 5.17 Å². The molecule has 0 atom stereocenters. The quantitative estimate of drug-likeness (QED) is 0.185. The normalized spacial score (nSPS) is 14.2. The van der Waals surface area contributed by atoms with Crippen molar-refractivity contribution in [1.29, 1.82) is 0 Å². The van der Waals surface area contributed by atoms with E-state index >= 15 is 4.39 Å². The molecule has 0 unspecified atom stereocenters. The lowest BCUT2D eigenvalue weighted by molar-refractivity contribution is -0.115. The third kappa shape index (κ3) is 11.4. The fourth-order valence-corrected chi connectivity index (χ4v) is 5.88. The van der Waals surface area contributed by atoms with Crippen LogP contribution in [0.15, 0.2) is 82.4 Å². The zero-order valence-corrected chi connectivity index (χ0v) is 31.8. The highest BCUT2D eigenvalue weighted by Gasteiger charge is 2.33. The highest BCUT2D eigenvalue weighted by atomic mass is 35.5. The van der Waals surface area contributed by atoms with E-state index in [0.717, 1.165) is 30.7 Å². The molecule has 278 valence electrons. The molecule has 3 aromatic rings. The smallest absolute Gasteiger partial charge is 0.347 e. The Morgan fingerprint density at radius 2 is 1.77 bits per heavy atom. The second kappa shape index (κ2) is 19.3. The summed E-state index contributed by atoms with van der Waals surface area (Å²) in [5, 5.41) is 2.95. The summed E-state index contributed by atoms with van der Waals surface area (Å²) in [6.45, 7) is 8.25. The first-order chi connectivity index (χ1) is 24.7. The standard InChI is InChI=1S/C36H37ClF3N5O4S.C2H6/c1-6-7-26(44(5)33(47)23-9-12-25(37)13-10-23)20-29(41-4)24-11-14-28(27(38)19-24)42-34(48)43-35-45(32(46)21-50-35)30-18-22(2)8-15-31(30)49-17-16-36(3,39)40;1-2/h8-15,18-20H,6-7,16-17,21H2,1-5H3,(H,42,48);1-2H3/b26-20+,41-29?,43-35-;. The average Bonchev–Trinajstić information content (AvgIpc) is 3.47. The molecule has 1 heterocycles. The van der Waals surface area contributed by atoms with Crippen LogP contribution in [0.4, 0.5) is 29.3 Å². The number of thioether (sulfide) groups is 1. The molecule has 1 aliphatic heterocycles. The Labute approximate surface area is 312 Å². The predicted molar refractivity (Wildman–Crippen MR) is 205 cm³/mol. The molecule has 0 bridgehead atoms. The van der Waals surface area contributed by atoms with Crippen LogP contribution in [-0.2, 0) is 4.79 Å². The van der Waals surface area contributed by atoms with E-state index in [1.807, 2.05) is 20.8 Å². The molecule has 52 heavy (non-hydrogen) atoms. The molecule has 3 aromatic carbocycles. The maximum atomic E-state index is 15.4. The van der Waals surface area contributed by atoms with E-state index in [-0.39, 0.29) is 40.6 Å². The van der Waals surface area contributed by atoms with Gasteiger partial charge in [0.25, 0.3) is 5.91 Å². The number of nitrogens with one attached hydrogen (secondary N) is 1. The summed E-state index contributed by atoms with van der Waals surface area (Å²) in [4.78, 5) is 50.1. The Morgan fingerprint density at radius 3 is 2.38 bits per heavy atom. The van der Waals surface area contributed by atoms with Crippen molar-refractivity contribution >= 4 is 63.5 Å². The van der Waals surface area contributed by atoms with Crippen LogP contribution in [0.1, 0.15) is 68.4 Å². The lowest BCUT2D eigenvalue weighted by Crippen LogP contribution is -2.31. The molecule has 14 heteroatoms. The SMILES string of the molecule is CC.CCC/C(=C\C(=NC)c1ccc(NC(=O)/N=C2\SCC(=O)N2c2cc(C)ccc2OCCC(C)(F)F)c(F)c1)N(C)C(=O)c1ccc(Cl)cc1. The Balaban J connectivity index is 0.00000358. The molecule has 1 N–H and O–H groups in total. The van der Waals surface area contributed by atoms with Crippen LogP contribution in [0.25, 0.3) is 0 Å². The van der Waals surface area contributed by atoms with Crippen LogP contribution in [-0.4, -0.2) is 66.0 Å². The van der Waals surface area contributed by atoms with Crippen molar-refractivity contribution < 1.29 is 32.3 Å². The first-order valence-corrected chi connectivity index (χ1v) is 18.0. The molecule has 4 rings (SSSR count). The van der Waals surface area contributed by atoms with E-state index in [9.17, 15) is 23.2 Å². The van der Waals surface area contributed by atoms with Crippen molar-refractivity contribution in [2.45, 2.75) is 59.8 Å². The number of urea groups is 1. The van der Waals surface area contributed by atoms with Gasteiger partial charge in [-0.3, -0.25) is 19.5 Å². The molecule has 1 aliphatic rings. The molecule has 0 aromatic heterocycles. The maximum absolute atomic E-state index is 15.4. The molecule has 1 saturated heterocycles. The second-order valence-electron chi connectivity index (χ2n) is 11.5. The van der Waals surface area contributed by atoms with Gasteiger partial charge in [0.05, 0.1) is 29.4 Å². The summed E-state index contributed by atoms with van der Waals surface area (Å²) in [7, 11) is 3.21. The monoisotopic (exact) mass is 757 g/mol. The lowest BCUT2D eigenvalue weighted by atomic mass is 10.1. The number of nitrogens with zero attached hydrogens (tertiary/aromatic N) is 4. The van der Waals surface area contributed by atoms with Crippen LogP contribution in [0.2, 0.25) is 5.02 Å². The van der Waals surface area contributed by atoms with Crippen molar-refractivity contribution in [2.75, 3.05) is 36.7 Å².